The molecule has 1 atom stereocenters. The first kappa shape index (κ1) is 11.0. The molecule has 1 saturated heterocycles. The zero-order chi connectivity index (χ0) is 9.68. The van der Waals surface area contributed by atoms with Gasteiger partial charge in [-0.15, -0.1) is 0 Å². The lowest BCUT2D eigenvalue weighted by Gasteiger charge is -2.29. The molecular formula is C10H22N2O. The number of rotatable bonds is 4. The van der Waals surface area contributed by atoms with Crippen LogP contribution in [-0.2, 0) is 4.74 Å². The summed E-state index contributed by atoms with van der Waals surface area (Å²) in [6, 6.07) is 0.683. The minimum Gasteiger partial charge on any atom is -0.379 e. The lowest BCUT2D eigenvalue weighted by atomic mass is 10.2. The summed E-state index contributed by atoms with van der Waals surface area (Å²) < 4.78 is 5.30. The zero-order valence-corrected chi connectivity index (χ0v) is 9.12. The molecule has 1 heterocycles. The van der Waals surface area contributed by atoms with Gasteiger partial charge in [0.05, 0.1) is 13.2 Å². The van der Waals surface area contributed by atoms with Crippen molar-refractivity contribution >= 4 is 0 Å². The SMILES string of the molecule is CC(CCN1CCOCC1)N(C)C. The van der Waals surface area contributed by atoms with Gasteiger partial charge in [-0.3, -0.25) is 4.90 Å². The highest BCUT2D eigenvalue weighted by Crippen LogP contribution is 2.03. The van der Waals surface area contributed by atoms with E-state index in [0.717, 1.165) is 26.3 Å². The Morgan fingerprint density at radius 3 is 2.46 bits per heavy atom. The Labute approximate surface area is 81.7 Å². The van der Waals surface area contributed by atoms with Crippen LogP contribution < -0.4 is 0 Å². The molecule has 1 aliphatic heterocycles. The summed E-state index contributed by atoms with van der Waals surface area (Å²) in [5, 5.41) is 0. The Kier molecular flexibility index (Phi) is 4.70. The molecule has 0 radical (unpaired) electrons. The molecular weight excluding hydrogens is 164 g/mol. The van der Waals surface area contributed by atoms with Crippen molar-refractivity contribution in [1.82, 2.24) is 9.80 Å². The Morgan fingerprint density at radius 1 is 1.31 bits per heavy atom. The van der Waals surface area contributed by atoms with Crippen molar-refractivity contribution in [2.45, 2.75) is 19.4 Å². The van der Waals surface area contributed by atoms with E-state index >= 15 is 0 Å². The van der Waals surface area contributed by atoms with Gasteiger partial charge in [-0.2, -0.15) is 0 Å². The average molecular weight is 186 g/mol. The van der Waals surface area contributed by atoms with Crippen molar-refractivity contribution in [3.63, 3.8) is 0 Å². The van der Waals surface area contributed by atoms with Gasteiger partial charge in [0.25, 0.3) is 0 Å². The lowest BCUT2D eigenvalue weighted by Crippen LogP contribution is -2.39. The number of nitrogens with zero attached hydrogens (tertiary/aromatic N) is 2. The highest BCUT2D eigenvalue weighted by Gasteiger charge is 2.12. The van der Waals surface area contributed by atoms with E-state index in [1.807, 2.05) is 0 Å². The minimum atomic E-state index is 0.683. The molecule has 1 unspecified atom stereocenters. The van der Waals surface area contributed by atoms with Crippen molar-refractivity contribution in [3.05, 3.63) is 0 Å². The molecule has 13 heavy (non-hydrogen) atoms. The van der Waals surface area contributed by atoms with Crippen LogP contribution >= 0.6 is 0 Å². The van der Waals surface area contributed by atoms with E-state index in [0.29, 0.717) is 6.04 Å². The van der Waals surface area contributed by atoms with E-state index in [1.54, 1.807) is 0 Å². The minimum absolute atomic E-state index is 0.683. The summed E-state index contributed by atoms with van der Waals surface area (Å²) in [5.41, 5.74) is 0. The normalized spacial score (nSPS) is 22.2. The number of hydrogen-bond acceptors (Lipinski definition) is 3. The highest BCUT2D eigenvalue weighted by atomic mass is 16.5. The lowest BCUT2D eigenvalue weighted by molar-refractivity contribution is 0.0348. The maximum absolute atomic E-state index is 5.30. The predicted molar refractivity (Wildman–Crippen MR) is 55.0 cm³/mol. The maximum atomic E-state index is 5.30. The smallest absolute Gasteiger partial charge is 0.0594 e. The summed E-state index contributed by atoms with van der Waals surface area (Å²) >= 11 is 0. The Bertz CT molecular complexity index is 133. The van der Waals surface area contributed by atoms with Crippen LogP contribution in [0.25, 0.3) is 0 Å². The Morgan fingerprint density at radius 2 is 1.92 bits per heavy atom. The fourth-order valence-corrected chi connectivity index (χ4v) is 1.45. The Hall–Kier alpha value is -0.120. The van der Waals surface area contributed by atoms with Crippen LogP contribution in [0.1, 0.15) is 13.3 Å². The molecule has 0 N–H and O–H groups in total. The van der Waals surface area contributed by atoms with Crippen LogP contribution in [0, 0.1) is 0 Å². The molecule has 0 saturated carbocycles. The molecule has 3 heteroatoms. The molecule has 0 spiro atoms. The van der Waals surface area contributed by atoms with E-state index in [2.05, 4.69) is 30.8 Å². The van der Waals surface area contributed by atoms with E-state index in [-0.39, 0.29) is 0 Å². The zero-order valence-electron chi connectivity index (χ0n) is 9.12. The molecule has 1 aliphatic rings. The molecule has 1 rings (SSSR count). The largest absolute Gasteiger partial charge is 0.379 e. The van der Waals surface area contributed by atoms with E-state index in [4.69, 9.17) is 4.74 Å². The van der Waals surface area contributed by atoms with Gasteiger partial charge in [-0.1, -0.05) is 0 Å². The average Bonchev–Trinajstić information content (AvgIpc) is 2.15. The van der Waals surface area contributed by atoms with Gasteiger partial charge < -0.3 is 9.64 Å². The van der Waals surface area contributed by atoms with Gasteiger partial charge in [0.1, 0.15) is 0 Å². The van der Waals surface area contributed by atoms with Crippen molar-refractivity contribution in [3.8, 4) is 0 Å². The van der Waals surface area contributed by atoms with Gasteiger partial charge >= 0.3 is 0 Å². The van der Waals surface area contributed by atoms with Gasteiger partial charge in [-0.25, -0.2) is 0 Å². The molecule has 0 aromatic rings. The standard InChI is InChI=1S/C10H22N2O/c1-10(11(2)3)4-5-12-6-8-13-9-7-12/h10H,4-9H2,1-3H3. The quantitative estimate of drug-likeness (QED) is 0.641. The molecule has 0 aliphatic carbocycles. The number of ether oxygens (including phenoxy) is 1. The first-order chi connectivity index (χ1) is 6.20. The molecule has 3 nitrogen and oxygen atoms in total. The van der Waals surface area contributed by atoms with Crippen molar-refractivity contribution in [2.75, 3.05) is 46.9 Å². The van der Waals surface area contributed by atoms with Crippen molar-refractivity contribution in [2.24, 2.45) is 0 Å². The number of hydrogen-bond donors (Lipinski definition) is 0. The van der Waals surface area contributed by atoms with E-state index in [9.17, 15) is 0 Å². The van der Waals surface area contributed by atoms with Crippen LogP contribution in [0.3, 0.4) is 0 Å². The van der Waals surface area contributed by atoms with E-state index in [1.165, 1.54) is 13.0 Å². The van der Waals surface area contributed by atoms with Crippen molar-refractivity contribution < 1.29 is 4.74 Å². The monoisotopic (exact) mass is 186 g/mol. The summed E-state index contributed by atoms with van der Waals surface area (Å²) in [7, 11) is 4.29. The Balaban J connectivity index is 2.10. The van der Waals surface area contributed by atoms with Gasteiger partial charge in [0, 0.05) is 19.1 Å². The van der Waals surface area contributed by atoms with Crippen molar-refractivity contribution in [1.29, 1.82) is 0 Å². The van der Waals surface area contributed by atoms with Gasteiger partial charge in [0.15, 0.2) is 0 Å². The van der Waals surface area contributed by atoms with Gasteiger partial charge in [-0.05, 0) is 34.0 Å². The molecule has 0 aromatic carbocycles. The van der Waals surface area contributed by atoms with Crippen LogP contribution in [-0.4, -0.2) is 62.8 Å². The topological polar surface area (TPSA) is 15.7 Å². The summed E-state index contributed by atoms with van der Waals surface area (Å²) in [6.07, 6.45) is 1.26. The van der Waals surface area contributed by atoms with Crippen LogP contribution in [0.2, 0.25) is 0 Å². The second kappa shape index (κ2) is 5.58. The second-order valence-electron chi connectivity index (χ2n) is 4.06. The molecule has 78 valence electrons. The maximum Gasteiger partial charge on any atom is 0.0594 e. The number of morpholine rings is 1. The molecule has 0 amide bonds. The predicted octanol–water partition coefficient (Wildman–Crippen LogP) is 0.659. The fourth-order valence-electron chi connectivity index (χ4n) is 1.45. The van der Waals surface area contributed by atoms with E-state index < -0.39 is 0 Å². The first-order valence-electron chi connectivity index (χ1n) is 5.16. The fraction of sp³-hybridized carbons (Fsp3) is 1.00. The molecule has 0 aromatic heterocycles. The molecule has 1 fully saturated rings. The molecule has 0 bridgehead atoms. The van der Waals surface area contributed by atoms with Crippen LogP contribution in [0.4, 0.5) is 0 Å². The second-order valence-corrected chi connectivity index (χ2v) is 4.06. The first-order valence-corrected chi connectivity index (χ1v) is 5.16. The van der Waals surface area contributed by atoms with Crippen LogP contribution in [0.5, 0.6) is 0 Å². The summed E-state index contributed by atoms with van der Waals surface area (Å²) in [4.78, 5) is 4.77. The third-order valence-electron chi connectivity index (χ3n) is 2.85. The third kappa shape index (κ3) is 4.07. The third-order valence-corrected chi connectivity index (χ3v) is 2.85. The highest BCUT2D eigenvalue weighted by molar-refractivity contribution is 4.66. The van der Waals surface area contributed by atoms with Crippen LogP contribution in [0.15, 0.2) is 0 Å². The summed E-state index contributed by atoms with van der Waals surface area (Å²) in [5.74, 6) is 0. The van der Waals surface area contributed by atoms with Gasteiger partial charge in [0.2, 0.25) is 0 Å². The summed E-state index contributed by atoms with van der Waals surface area (Å²) in [6.45, 7) is 7.54.